The Labute approximate surface area is 136 Å². The molecule has 2 rings (SSSR count). The highest BCUT2D eigenvalue weighted by Crippen LogP contribution is 2.27. The number of ether oxygens (including phenoxy) is 2. The molecule has 0 aliphatic carbocycles. The van der Waals surface area contributed by atoms with E-state index in [4.69, 9.17) is 9.47 Å². The third-order valence-electron chi connectivity index (χ3n) is 3.26. The van der Waals surface area contributed by atoms with Gasteiger partial charge >= 0.3 is 0 Å². The second kappa shape index (κ2) is 8.63. The van der Waals surface area contributed by atoms with Gasteiger partial charge in [0.25, 0.3) is 0 Å². The Balaban J connectivity index is 1.90. The van der Waals surface area contributed by atoms with E-state index in [1.165, 1.54) is 6.33 Å². The lowest BCUT2D eigenvalue weighted by atomic mass is 10.1. The molecule has 0 bridgehead atoms. The minimum Gasteiger partial charge on any atom is -0.493 e. The molecule has 0 atom stereocenters. The van der Waals surface area contributed by atoms with Gasteiger partial charge in [-0.15, -0.1) is 6.58 Å². The summed E-state index contributed by atoms with van der Waals surface area (Å²) in [5.41, 5.74) is 1.16. The molecule has 122 valence electrons. The Hall–Kier alpha value is -2.76. The van der Waals surface area contributed by atoms with Crippen molar-refractivity contribution in [1.29, 1.82) is 0 Å². The van der Waals surface area contributed by atoms with Crippen LogP contribution in [0.3, 0.4) is 0 Å². The first kappa shape index (κ1) is 16.6. The first-order chi connectivity index (χ1) is 11.3. The predicted molar refractivity (Wildman–Crippen MR) is 92.5 cm³/mol. The number of nitrogens with zero attached hydrogens (tertiary/aromatic N) is 2. The number of rotatable bonds is 9. The molecule has 0 saturated carbocycles. The van der Waals surface area contributed by atoms with Gasteiger partial charge in [0.1, 0.15) is 18.0 Å². The van der Waals surface area contributed by atoms with Gasteiger partial charge in [-0.05, 0) is 24.1 Å². The summed E-state index contributed by atoms with van der Waals surface area (Å²) in [5.74, 6) is 3.03. The molecule has 0 saturated heterocycles. The van der Waals surface area contributed by atoms with Crippen LogP contribution in [0.1, 0.15) is 5.56 Å². The van der Waals surface area contributed by atoms with Crippen molar-refractivity contribution in [2.75, 3.05) is 37.9 Å². The van der Waals surface area contributed by atoms with E-state index in [-0.39, 0.29) is 0 Å². The molecule has 0 unspecified atom stereocenters. The molecule has 1 heterocycles. The average Bonchev–Trinajstić information content (AvgIpc) is 2.60. The summed E-state index contributed by atoms with van der Waals surface area (Å²) < 4.78 is 10.6. The molecule has 0 spiro atoms. The molecule has 0 amide bonds. The zero-order valence-electron chi connectivity index (χ0n) is 13.5. The van der Waals surface area contributed by atoms with Crippen molar-refractivity contribution in [2.24, 2.45) is 0 Å². The first-order valence-corrected chi connectivity index (χ1v) is 7.38. The van der Waals surface area contributed by atoms with Crippen molar-refractivity contribution in [3.63, 3.8) is 0 Å². The van der Waals surface area contributed by atoms with Crippen LogP contribution >= 0.6 is 0 Å². The quantitative estimate of drug-likeness (QED) is 0.694. The first-order valence-electron chi connectivity index (χ1n) is 7.38. The van der Waals surface area contributed by atoms with Gasteiger partial charge in [-0.25, -0.2) is 9.97 Å². The number of hydrogen-bond donors (Lipinski definition) is 2. The second-order valence-corrected chi connectivity index (χ2v) is 4.82. The van der Waals surface area contributed by atoms with E-state index in [0.717, 1.165) is 41.7 Å². The topological polar surface area (TPSA) is 68.3 Å². The summed E-state index contributed by atoms with van der Waals surface area (Å²) in [5, 5.41) is 6.42. The molecule has 0 fully saturated rings. The number of hydrogen-bond acceptors (Lipinski definition) is 6. The summed E-state index contributed by atoms with van der Waals surface area (Å²) >= 11 is 0. The summed E-state index contributed by atoms with van der Waals surface area (Å²) in [6.07, 6.45) is 4.16. The summed E-state index contributed by atoms with van der Waals surface area (Å²) in [7, 11) is 3.27. The fraction of sp³-hybridized carbons (Fsp3) is 0.294. The molecular weight excluding hydrogens is 292 g/mol. The van der Waals surface area contributed by atoms with Crippen LogP contribution in [0.25, 0.3) is 0 Å². The van der Waals surface area contributed by atoms with Crippen LogP contribution in [0.15, 0.2) is 43.2 Å². The largest absolute Gasteiger partial charge is 0.493 e. The van der Waals surface area contributed by atoms with E-state index in [0.29, 0.717) is 6.54 Å². The maximum atomic E-state index is 5.31. The van der Waals surface area contributed by atoms with Crippen LogP contribution < -0.4 is 20.1 Å². The van der Waals surface area contributed by atoms with Gasteiger partial charge in [0.15, 0.2) is 11.5 Å². The van der Waals surface area contributed by atoms with Gasteiger partial charge < -0.3 is 20.1 Å². The maximum absolute atomic E-state index is 5.31. The second-order valence-electron chi connectivity index (χ2n) is 4.82. The Morgan fingerprint density at radius 2 is 1.78 bits per heavy atom. The van der Waals surface area contributed by atoms with E-state index in [2.05, 4.69) is 27.2 Å². The van der Waals surface area contributed by atoms with Gasteiger partial charge in [0.05, 0.1) is 14.2 Å². The molecule has 2 N–H and O–H groups in total. The maximum Gasteiger partial charge on any atom is 0.160 e. The van der Waals surface area contributed by atoms with Crippen LogP contribution in [0.5, 0.6) is 11.5 Å². The lowest BCUT2D eigenvalue weighted by molar-refractivity contribution is 0.354. The van der Waals surface area contributed by atoms with Crippen LogP contribution in [0.2, 0.25) is 0 Å². The third kappa shape index (κ3) is 4.88. The van der Waals surface area contributed by atoms with Crippen molar-refractivity contribution in [3.8, 4) is 11.5 Å². The van der Waals surface area contributed by atoms with Crippen molar-refractivity contribution < 1.29 is 9.47 Å². The molecule has 2 aromatic rings. The fourth-order valence-electron chi connectivity index (χ4n) is 2.10. The van der Waals surface area contributed by atoms with E-state index in [1.807, 2.05) is 24.3 Å². The molecule has 23 heavy (non-hydrogen) atoms. The normalized spacial score (nSPS) is 10.0. The van der Waals surface area contributed by atoms with Crippen molar-refractivity contribution in [3.05, 3.63) is 48.8 Å². The summed E-state index contributed by atoms with van der Waals surface area (Å²) in [4.78, 5) is 8.35. The van der Waals surface area contributed by atoms with E-state index < -0.39 is 0 Å². The SMILES string of the molecule is C=CCNc1cc(NCCc2ccc(OC)c(OC)c2)ncn1. The highest BCUT2D eigenvalue weighted by molar-refractivity contribution is 5.47. The minimum atomic E-state index is 0.669. The molecule has 0 radical (unpaired) electrons. The highest BCUT2D eigenvalue weighted by atomic mass is 16.5. The Morgan fingerprint density at radius 1 is 1.04 bits per heavy atom. The highest BCUT2D eigenvalue weighted by Gasteiger charge is 2.04. The standard InChI is InChI=1S/C17H22N4O2/c1-4-8-18-16-11-17(21-12-20-16)19-9-7-13-5-6-14(22-2)15(10-13)23-3/h4-6,10-12H,1,7-9H2,2-3H3,(H2,18,19,20,21). The van der Waals surface area contributed by atoms with Gasteiger partial charge in [-0.1, -0.05) is 12.1 Å². The number of benzene rings is 1. The van der Waals surface area contributed by atoms with Crippen molar-refractivity contribution in [2.45, 2.75) is 6.42 Å². The monoisotopic (exact) mass is 314 g/mol. The zero-order valence-corrected chi connectivity index (χ0v) is 13.5. The zero-order chi connectivity index (χ0) is 16.5. The fourth-order valence-corrected chi connectivity index (χ4v) is 2.10. The van der Waals surface area contributed by atoms with Gasteiger partial charge in [0.2, 0.25) is 0 Å². The summed E-state index contributed by atoms with van der Waals surface area (Å²) in [6, 6.07) is 7.80. The van der Waals surface area contributed by atoms with Gasteiger partial charge in [-0.3, -0.25) is 0 Å². The Bertz CT molecular complexity index is 646. The van der Waals surface area contributed by atoms with E-state index in [1.54, 1.807) is 20.3 Å². The lowest BCUT2D eigenvalue weighted by Crippen LogP contribution is -2.08. The number of anilines is 2. The van der Waals surface area contributed by atoms with Crippen molar-refractivity contribution in [1.82, 2.24) is 9.97 Å². The minimum absolute atomic E-state index is 0.669. The number of aromatic nitrogens is 2. The molecule has 0 aliphatic rings. The van der Waals surface area contributed by atoms with Crippen LogP contribution in [-0.2, 0) is 6.42 Å². The predicted octanol–water partition coefficient (Wildman–Crippen LogP) is 2.75. The van der Waals surface area contributed by atoms with E-state index in [9.17, 15) is 0 Å². The van der Waals surface area contributed by atoms with Crippen molar-refractivity contribution >= 4 is 11.6 Å². The number of methoxy groups -OCH3 is 2. The van der Waals surface area contributed by atoms with Gasteiger partial charge in [-0.2, -0.15) is 0 Å². The van der Waals surface area contributed by atoms with Crippen LogP contribution in [0.4, 0.5) is 11.6 Å². The van der Waals surface area contributed by atoms with E-state index >= 15 is 0 Å². The molecule has 6 nitrogen and oxygen atoms in total. The number of nitrogens with one attached hydrogen (secondary N) is 2. The molecule has 1 aromatic carbocycles. The molecular formula is C17H22N4O2. The third-order valence-corrected chi connectivity index (χ3v) is 3.26. The molecule has 1 aromatic heterocycles. The Morgan fingerprint density at radius 3 is 2.48 bits per heavy atom. The lowest BCUT2D eigenvalue weighted by Gasteiger charge is -2.10. The van der Waals surface area contributed by atoms with Gasteiger partial charge in [0, 0.05) is 19.2 Å². The molecule has 0 aliphatic heterocycles. The average molecular weight is 314 g/mol. The smallest absolute Gasteiger partial charge is 0.160 e. The summed E-state index contributed by atoms with van der Waals surface area (Å²) in [6.45, 7) is 5.09. The van der Waals surface area contributed by atoms with Crippen LogP contribution in [-0.4, -0.2) is 37.3 Å². The molecule has 6 heteroatoms. The Kier molecular flexibility index (Phi) is 6.23. The van der Waals surface area contributed by atoms with Crippen LogP contribution in [0, 0.1) is 0 Å².